The van der Waals surface area contributed by atoms with Crippen molar-refractivity contribution in [2.45, 2.75) is 6.92 Å². The first-order chi connectivity index (χ1) is 7.72. The molecule has 4 heteroatoms. The largest absolute Gasteiger partial charge is 0.496 e. The van der Waals surface area contributed by atoms with E-state index in [-0.39, 0.29) is 0 Å². The Kier molecular flexibility index (Phi) is 2.64. The molecular formula is C12H14O4. The molecule has 1 heterocycles. The second-order valence-electron chi connectivity index (χ2n) is 3.44. The Morgan fingerprint density at radius 3 is 2.25 bits per heavy atom. The van der Waals surface area contributed by atoms with Crippen molar-refractivity contribution in [2.75, 3.05) is 21.3 Å². The van der Waals surface area contributed by atoms with Crippen molar-refractivity contribution in [3.8, 4) is 17.2 Å². The van der Waals surface area contributed by atoms with Crippen molar-refractivity contribution in [1.29, 1.82) is 0 Å². The van der Waals surface area contributed by atoms with Crippen LogP contribution in [0.4, 0.5) is 0 Å². The van der Waals surface area contributed by atoms with Crippen LogP contribution in [-0.4, -0.2) is 21.3 Å². The maximum absolute atomic E-state index is 5.47. The van der Waals surface area contributed by atoms with E-state index in [9.17, 15) is 0 Å². The number of ether oxygens (including phenoxy) is 3. The van der Waals surface area contributed by atoms with Crippen molar-refractivity contribution in [1.82, 2.24) is 0 Å². The molecule has 0 saturated carbocycles. The third-order valence-electron chi connectivity index (χ3n) is 2.56. The summed E-state index contributed by atoms with van der Waals surface area (Å²) in [5.41, 5.74) is 1.66. The van der Waals surface area contributed by atoms with Crippen LogP contribution < -0.4 is 14.2 Å². The zero-order valence-corrected chi connectivity index (χ0v) is 9.79. The zero-order valence-electron chi connectivity index (χ0n) is 9.79. The van der Waals surface area contributed by atoms with Gasteiger partial charge in [0.1, 0.15) is 5.75 Å². The van der Waals surface area contributed by atoms with E-state index in [1.807, 2.05) is 6.92 Å². The van der Waals surface area contributed by atoms with Gasteiger partial charge in [-0.05, 0) is 12.5 Å². The van der Waals surface area contributed by atoms with E-state index in [0.29, 0.717) is 17.1 Å². The van der Waals surface area contributed by atoms with Crippen molar-refractivity contribution >= 4 is 11.0 Å². The Labute approximate surface area is 93.7 Å². The third kappa shape index (κ3) is 1.38. The van der Waals surface area contributed by atoms with E-state index in [4.69, 9.17) is 18.6 Å². The van der Waals surface area contributed by atoms with Gasteiger partial charge in [0.15, 0.2) is 11.3 Å². The monoisotopic (exact) mass is 222 g/mol. The molecule has 0 bridgehead atoms. The van der Waals surface area contributed by atoms with Gasteiger partial charge in [-0.15, -0.1) is 0 Å². The van der Waals surface area contributed by atoms with E-state index in [1.165, 1.54) is 0 Å². The number of fused-ring (bicyclic) bond motifs is 1. The van der Waals surface area contributed by atoms with E-state index in [1.54, 1.807) is 33.7 Å². The summed E-state index contributed by atoms with van der Waals surface area (Å²) in [6.45, 7) is 1.96. The molecule has 0 fully saturated rings. The molecule has 2 aromatic rings. The Balaban J connectivity index is 2.85. The van der Waals surface area contributed by atoms with Gasteiger partial charge in [0.2, 0.25) is 5.75 Å². The van der Waals surface area contributed by atoms with Gasteiger partial charge in [-0.1, -0.05) is 0 Å². The number of aryl methyl sites for hydroxylation is 1. The molecule has 0 aliphatic heterocycles. The smallest absolute Gasteiger partial charge is 0.204 e. The summed E-state index contributed by atoms with van der Waals surface area (Å²) >= 11 is 0. The molecule has 0 radical (unpaired) electrons. The second kappa shape index (κ2) is 3.96. The van der Waals surface area contributed by atoms with Crippen LogP contribution in [0, 0.1) is 6.92 Å². The summed E-state index contributed by atoms with van der Waals surface area (Å²) in [6.07, 6.45) is 1.68. The number of methoxy groups -OCH3 is 3. The quantitative estimate of drug-likeness (QED) is 0.800. The normalized spacial score (nSPS) is 10.5. The van der Waals surface area contributed by atoms with Crippen molar-refractivity contribution in [3.05, 3.63) is 17.9 Å². The van der Waals surface area contributed by atoms with E-state index >= 15 is 0 Å². The highest BCUT2D eigenvalue weighted by Gasteiger charge is 2.18. The average molecular weight is 222 g/mol. The molecule has 0 saturated heterocycles. The predicted molar refractivity (Wildman–Crippen MR) is 60.6 cm³/mol. The SMILES string of the molecule is COc1cc(OC)c2c(C)coc2c1OC. The van der Waals surface area contributed by atoms with Crippen molar-refractivity contribution < 1.29 is 18.6 Å². The molecule has 2 rings (SSSR count). The molecule has 0 atom stereocenters. The molecule has 86 valence electrons. The lowest BCUT2D eigenvalue weighted by Gasteiger charge is -2.10. The van der Waals surface area contributed by atoms with Crippen LogP contribution in [0.3, 0.4) is 0 Å². The van der Waals surface area contributed by atoms with Gasteiger partial charge in [-0.25, -0.2) is 0 Å². The topological polar surface area (TPSA) is 40.8 Å². The Bertz CT molecular complexity index is 513. The van der Waals surface area contributed by atoms with Gasteiger partial charge in [0.05, 0.1) is 33.0 Å². The first kappa shape index (κ1) is 10.7. The maximum Gasteiger partial charge on any atom is 0.204 e. The van der Waals surface area contributed by atoms with Crippen LogP contribution in [0.1, 0.15) is 5.56 Å². The lowest BCUT2D eigenvalue weighted by Crippen LogP contribution is -1.93. The highest BCUT2D eigenvalue weighted by Crippen LogP contribution is 2.43. The minimum Gasteiger partial charge on any atom is -0.496 e. The first-order valence-electron chi connectivity index (χ1n) is 4.89. The Morgan fingerprint density at radius 2 is 1.69 bits per heavy atom. The van der Waals surface area contributed by atoms with Crippen molar-refractivity contribution in [2.24, 2.45) is 0 Å². The first-order valence-corrected chi connectivity index (χ1v) is 4.89. The summed E-state index contributed by atoms with van der Waals surface area (Å²) < 4.78 is 21.3. The van der Waals surface area contributed by atoms with Crippen LogP contribution in [0.25, 0.3) is 11.0 Å². The predicted octanol–water partition coefficient (Wildman–Crippen LogP) is 2.77. The molecule has 0 aliphatic carbocycles. The molecule has 0 amide bonds. The lowest BCUT2D eigenvalue weighted by atomic mass is 10.1. The second-order valence-corrected chi connectivity index (χ2v) is 3.44. The molecule has 16 heavy (non-hydrogen) atoms. The van der Waals surface area contributed by atoms with Gasteiger partial charge < -0.3 is 18.6 Å². The van der Waals surface area contributed by atoms with Gasteiger partial charge in [0.25, 0.3) is 0 Å². The van der Waals surface area contributed by atoms with Crippen LogP contribution >= 0.6 is 0 Å². The minimum absolute atomic E-state index is 0.589. The summed E-state index contributed by atoms with van der Waals surface area (Å²) in [7, 11) is 4.79. The summed E-state index contributed by atoms with van der Waals surface area (Å²) in [5, 5.41) is 0.917. The molecular weight excluding hydrogens is 208 g/mol. The van der Waals surface area contributed by atoms with Crippen LogP contribution in [0.15, 0.2) is 16.7 Å². The third-order valence-corrected chi connectivity index (χ3v) is 2.56. The fourth-order valence-corrected chi connectivity index (χ4v) is 1.79. The van der Waals surface area contributed by atoms with Gasteiger partial charge in [-0.3, -0.25) is 0 Å². The fraction of sp³-hybridized carbons (Fsp3) is 0.333. The number of hydrogen-bond acceptors (Lipinski definition) is 4. The van der Waals surface area contributed by atoms with E-state index < -0.39 is 0 Å². The Morgan fingerprint density at radius 1 is 1.00 bits per heavy atom. The van der Waals surface area contributed by atoms with Crippen LogP contribution in [-0.2, 0) is 0 Å². The van der Waals surface area contributed by atoms with E-state index in [2.05, 4.69) is 0 Å². The van der Waals surface area contributed by atoms with Crippen molar-refractivity contribution in [3.63, 3.8) is 0 Å². The number of furan rings is 1. The minimum atomic E-state index is 0.589. The molecule has 0 aliphatic rings. The van der Waals surface area contributed by atoms with Crippen LogP contribution in [0.5, 0.6) is 17.2 Å². The van der Waals surface area contributed by atoms with E-state index in [0.717, 1.165) is 16.7 Å². The summed E-state index contributed by atoms with van der Waals surface area (Å²) in [6, 6.07) is 1.80. The number of rotatable bonds is 3. The molecule has 1 aromatic heterocycles. The molecule has 0 unspecified atom stereocenters. The summed E-state index contributed by atoms with van der Waals surface area (Å²) in [5.74, 6) is 1.91. The van der Waals surface area contributed by atoms with Gasteiger partial charge in [-0.2, -0.15) is 0 Å². The lowest BCUT2D eigenvalue weighted by molar-refractivity contribution is 0.349. The Hall–Kier alpha value is -1.84. The number of benzene rings is 1. The molecule has 0 spiro atoms. The highest BCUT2D eigenvalue weighted by atomic mass is 16.5. The van der Waals surface area contributed by atoms with Gasteiger partial charge >= 0.3 is 0 Å². The number of hydrogen-bond donors (Lipinski definition) is 0. The van der Waals surface area contributed by atoms with Gasteiger partial charge in [0, 0.05) is 6.07 Å². The maximum atomic E-state index is 5.47. The standard InChI is InChI=1S/C12H14O4/c1-7-6-16-12-10(7)8(13-2)5-9(14-3)11(12)15-4/h5-6H,1-4H3. The molecule has 1 aromatic carbocycles. The molecule has 0 N–H and O–H groups in total. The fourth-order valence-electron chi connectivity index (χ4n) is 1.79. The average Bonchev–Trinajstić information content (AvgIpc) is 2.69. The highest BCUT2D eigenvalue weighted by molar-refractivity contribution is 5.94. The molecule has 4 nitrogen and oxygen atoms in total. The summed E-state index contributed by atoms with van der Waals surface area (Å²) in [4.78, 5) is 0. The van der Waals surface area contributed by atoms with Crippen LogP contribution in [0.2, 0.25) is 0 Å². The zero-order chi connectivity index (χ0) is 11.7.